The molecule has 2 aliphatic heterocycles. The van der Waals surface area contributed by atoms with Crippen LogP contribution in [0.3, 0.4) is 0 Å². The van der Waals surface area contributed by atoms with E-state index < -0.39 is 0 Å². The van der Waals surface area contributed by atoms with Gasteiger partial charge in [0, 0.05) is 30.8 Å². The molecule has 1 amide bonds. The zero-order valence-corrected chi connectivity index (χ0v) is 16.7. The van der Waals surface area contributed by atoms with Crippen molar-refractivity contribution in [3.05, 3.63) is 58.7 Å². The summed E-state index contributed by atoms with van der Waals surface area (Å²) in [6.45, 7) is 1.86. The third-order valence-electron chi connectivity index (χ3n) is 5.73. The lowest BCUT2D eigenvalue weighted by molar-refractivity contribution is -0.129. The van der Waals surface area contributed by atoms with E-state index in [1.807, 2.05) is 17.0 Å². The summed E-state index contributed by atoms with van der Waals surface area (Å²) in [4.78, 5) is 15.0. The molecule has 1 saturated heterocycles. The van der Waals surface area contributed by atoms with Crippen molar-refractivity contribution < 1.29 is 24.5 Å². The van der Waals surface area contributed by atoms with Crippen molar-refractivity contribution in [2.24, 2.45) is 5.73 Å². The minimum absolute atomic E-state index is 0.0791. The second kappa shape index (κ2) is 8.77. The maximum atomic E-state index is 13.1. The first-order valence-electron chi connectivity index (χ1n) is 10.1. The minimum Gasteiger partial charge on any atom is -0.504 e. The zero-order chi connectivity index (χ0) is 21.1. The number of rotatable bonds is 3. The summed E-state index contributed by atoms with van der Waals surface area (Å²) in [5.41, 5.74) is 9.19. The molecule has 158 valence electrons. The number of piperidine rings is 1. The molecule has 0 radical (unpaired) electrons. The summed E-state index contributed by atoms with van der Waals surface area (Å²) in [5, 5.41) is 19.7. The van der Waals surface area contributed by atoms with E-state index in [4.69, 9.17) is 15.2 Å². The molecule has 2 heterocycles. The van der Waals surface area contributed by atoms with Gasteiger partial charge in [-0.2, -0.15) is 0 Å². The summed E-state index contributed by atoms with van der Waals surface area (Å²) in [6, 6.07) is 11.3. The fraction of sp³-hybridized carbons (Fsp3) is 0.348. The lowest BCUT2D eigenvalue weighted by atomic mass is 9.88. The monoisotopic (exact) mass is 410 g/mol. The van der Waals surface area contributed by atoms with Crippen LogP contribution in [0.5, 0.6) is 17.2 Å². The van der Waals surface area contributed by atoms with Crippen LogP contribution in [0.15, 0.2) is 42.0 Å². The summed E-state index contributed by atoms with van der Waals surface area (Å²) in [6.07, 6.45) is 3.44. The summed E-state index contributed by atoms with van der Waals surface area (Å²) >= 11 is 0. The van der Waals surface area contributed by atoms with E-state index in [9.17, 15) is 15.0 Å². The maximum absolute atomic E-state index is 13.1. The molecule has 0 spiro atoms. The molecule has 4 N–H and O–H groups in total. The van der Waals surface area contributed by atoms with Crippen LogP contribution in [0.2, 0.25) is 0 Å². The number of fused-ring (bicyclic) bond motifs is 1. The number of ether oxygens (including phenoxy) is 2. The SMILES string of the molecule is NCc1cccc(C2CCN(C(=O)/C3=C/c4ccc(O)c(O)c4OCOC3)CC2)c1. The number of nitrogens with two attached hydrogens (primary N) is 1. The van der Waals surface area contributed by atoms with Gasteiger partial charge in [-0.05, 0) is 48.1 Å². The van der Waals surface area contributed by atoms with Gasteiger partial charge in [-0.25, -0.2) is 0 Å². The second-order valence-corrected chi connectivity index (χ2v) is 7.65. The molecule has 0 aromatic heterocycles. The Balaban J connectivity index is 1.48. The molecule has 7 nitrogen and oxygen atoms in total. The molecular weight excluding hydrogens is 384 g/mol. The number of aromatic hydroxyl groups is 2. The quantitative estimate of drug-likeness (QED) is 0.672. The number of nitrogens with zero attached hydrogens (tertiary/aromatic N) is 1. The van der Waals surface area contributed by atoms with Crippen molar-refractivity contribution >= 4 is 12.0 Å². The molecule has 2 aromatic rings. The Labute approximate surface area is 175 Å². The summed E-state index contributed by atoms with van der Waals surface area (Å²) in [7, 11) is 0. The van der Waals surface area contributed by atoms with E-state index >= 15 is 0 Å². The highest BCUT2D eigenvalue weighted by molar-refractivity contribution is 5.98. The smallest absolute Gasteiger partial charge is 0.252 e. The van der Waals surface area contributed by atoms with Crippen LogP contribution in [-0.2, 0) is 16.1 Å². The lowest BCUT2D eigenvalue weighted by Crippen LogP contribution is -2.39. The number of amides is 1. The number of phenols is 2. The molecule has 2 aliphatic rings. The average molecular weight is 410 g/mol. The zero-order valence-electron chi connectivity index (χ0n) is 16.7. The molecule has 0 unspecified atom stereocenters. The predicted molar refractivity (Wildman–Crippen MR) is 112 cm³/mol. The Morgan fingerprint density at radius 1 is 1.17 bits per heavy atom. The van der Waals surface area contributed by atoms with Gasteiger partial charge in [0.2, 0.25) is 5.75 Å². The topological polar surface area (TPSA) is 105 Å². The highest BCUT2D eigenvalue weighted by Crippen LogP contribution is 2.40. The van der Waals surface area contributed by atoms with E-state index in [0.717, 1.165) is 18.4 Å². The van der Waals surface area contributed by atoms with Crippen molar-refractivity contribution in [3.8, 4) is 17.2 Å². The standard InChI is InChI=1S/C23H26N2O5/c24-12-15-2-1-3-17(10-15)16-6-8-25(9-7-16)23(28)19-11-18-4-5-20(26)21(27)22(18)30-14-29-13-19/h1-5,10-11,16,26-27H,6-9,12-14,24H2/b19-11+. The molecule has 0 atom stereocenters. The number of carbonyl (C=O) groups excluding carboxylic acids is 1. The van der Waals surface area contributed by atoms with E-state index in [0.29, 0.717) is 36.7 Å². The fourth-order valence-electron chi connectivity index (χ4n) is 4.04. The summed E-state index contributed by atoms with van der Waals surface area (Å²) < 4.78 is 10.8. The van der Waals surface area contributed by atoms with Crippen molar-refractivity contribution in [3.63, 3.8) is 0 Å². The summed E-state index contributed by atoms with van der Waals surface area (Å²) in [5.74, 6) is -0.196. The van der Waals surface area contributed by atoms with E-state index in [-0.39, 0.29) is 36.6 Å². The molecule has 30 heavy (non-hydrogen) atoms. The van der Waals surface area contributed by atoms with Gasteiger partial charge < -0.3 is 30.3 Å². The Hall–Kier alpha value is -3.03. The van der Waals surface area contributed by atoms with E-state index in [2.05, 4.69) is 12.1 Å². The Morgan fingerprint density at radius 2 is 1.97 bits per heavy atom. The third-order valence-corrected chi connectivity index (χ3v) is 5.73. The number of benzene rings is 2. The maximum Gasteiger partial charge on any atom is 0.252 e. The molecule has 4 rings (SSSR count). The Morgan fingerprint density at radius 3 is 2.73 bits per heavy atom. The number of carbonyl (C=O) groups is 1. The van der Waals surface area contributed by atoms with Crippen LogP contribution in [0.25, 0.3) is 6.08 Å². The largest absolute Gasteiger partial charge is 0.504 e. The first-order chi connectivity index (χ1) is 14.6. The minimum atomic E-state index is -0.360. The average Bonchev–Trinajstić information content (AvgIpc) is 2.77. The van der Waals surface area contributed by atoms with E-state index in [1.165, 1.54) is 11.6 Å². The number of hydrogen-bond donors (Lipinski definition) is 3. The second-order valence-electron chi connectivity index (χ2n) is 7.65. The number of hydrogen-bond acceptors (Lipinski definition) is 6. The van der Waals surface area contributed by atoms with Crippen molar-refractivity contribution in [2.75, 3.05) is 26.5 Å². The van der Waals surface area contributed by atoms with Gasteiger partial charge in [0.25, 0.3) is 5.91 Å². The Bertz CT molecular complexity index is 964. The predicted octanol–water partition coefficient (Wildman–Crippen LogP) is 2.71. The van der Waals surface area contributed by atoms with E-state index in [1.54, 1.807) is 12.1 Å². The molecule has 0 bridgehead atoms. The molecule has 0 aliphatic carbocycles. The van der Waals surface area contributed by atoms with Crippen molar-refractivity contribution in [1.82, 2.24) is 4.90 Å². The van der Waals surface area contributed by atoms with Crippen LogP contribution >= 0.6 is 0 Å². The fourth-order valence-corrected chi connectivity index (χ4v) is 4.04. The highest BCUT2D eigenvalue weighted by Gasteiger charge is 2.27. The first kappa shape index (κ1) is 20.3. The van der Waals surface area contributed by atoms with Gasteiger partial charge in [0.15, 0.2) is 18.3 Å². The molecule has 7 heteroatoms. The van der Waals surface area contributed by atoms with Crippen LogP contribution in [-0.4, -0.2) is 47.5 Å². The first-order valence-corrected chi connectivity index (χ1v) is 10.1. The normalized spacial score (nSPS) is 19.1. The molecule has 0 saturated carbocycles. The number of likely N-dealkylation sites (tertiary alicyclic amines) is 1. The third kappa shape index (κ3) is 4.13. The lowest BCUT2D eigenvalue weighted by Gasteiger charge is -2.33. The highest BCUT2D eigenvalue weighted by atomic mass is 16.7. The van der Waals surface area contributed by atoms with Gasteiger partial charge in [0.1, 0.15) is 0 Å². The Kier molecular flexibility index (Phi) is 5.92. The molecule has 2 aromatic carbocycles. The van der Waals surface area contributed by atoms with Crippen LogP contribution in [0, 0.1) is 0 Å². The molecule has 1 fully saturated rings. The van der Waals surface area contributed by atoms with Crippen LogP contribution in [0.1, 0.15) is 35.4 Å². The van der Waals surface area contributed by atoms with Crippen LogP contribution < -0.4 is 10.5 Å². The van der Waals surface area contributed by atoms with Crippen molar-refractivity contribution in [2.45, 2.75) is 25.3 Å². The van der Waals surface area contributed by atoms with Gasteiger partial charge >= 0.3 is 0 Å². The van der Waals surface area contributed by atoms with Gasteiger partial charge in [-0.3, -0.25) is 4.79 Å². The molecular formula is C23H26N2O5. The van der Waals surface area contributed by atoms with Gasteiger partial charge in [-0.15, -0.1) is 0 Å². The van der Waals surface area contributed by atoms with Crippen LogP contribution in [0.4, 0.5) is 0 Å². The number of phenolic OH excluding ortho intramolecular Hbond substituents is 2. The van der Waals surface area contributed by atoms with Gasteiger partial charge in [-0.1, -0.05) is 24.3 Å². The van der Waals surface area contributed by atoms with Gasteiger partial charge in [0.05, 0.1) is 6.61 Å². The van der Waals surface area contributed by atoms with Crippen molar-refractivity contribution in [1.29, 1.82) is 0 Å².